The van der Waals surface area contributed by atoms with Crippen LogP contribution in [-0.2, 0) is 11.3 Å². The summed E-state index contributed by atoms with van der Waals surface area (Å²) in [6, 6.07) is 8.91. The summed E-state index contributed by atoms with van der Waals surface area (Å²) >= 11 is 0. The summed E-state index contributed by atoms with van der Waals surface area (Å²) < 4.78 is 5.46. The van der Waals surface area contributed by atoms with Crippen LogP contribution in [0.5, 0.6) is 0 Å². The highest BCUT2D eigenvalue weighted by Gasteiger charge is 2.46. The number of amides is 1. The van der Waals surface area contributed by atoms with E-state index in [1.54, 1.807) is 4.90 Å². The van der Waals surface area contributed by atoms with Crippen molar-refractivity contribution in [2.24, 2.45) is 0 Å². The van der Waals surface area contributed by atoms with Gasteiger partial charge in [-0.25, -0.2) is 9.59 Å². The van der Waals surface area contributed by atoms with Crippen molar-refractivity contribution in [1.82, 2.24) is 20.3 Å². The van der Waals surface area contributed by atoms with Gasteiger partial charge in [-0.2, -0.15) is 10.3 Å². The number of carboxylic acids is 1. The van der Waals surface area contributed by atoms with Crippen molar-refractivity contribution in [3.8, 4) is 0 Å². The van der Waals surface area contributed by atoms with E-state index in [4.69, 9.17) is 4.74 Å². The zero-order valence-corrected chi connectivity index (χ0v) is 14.1. The molecule has 0 spiro atoms. The Morgan fingerprint density at radius 2 is 2.04 bits per heavy atom. The molecule has 1 atom stereocenters. The number of rotatable bonds is 4. The average molecular weight is 344 g/mol. The van der Waals surface area contributed by atoms with Crippen LogP contribution in [0, 0.1) is 0 Å². The van der Waals surface area contributed by atoms with Crippen molar-refractivity contribution in [2.75, 3.05) is 0 Å². The first-order valence-corrected chi connectivity index (χ1v) is 8.04. The molecule has 0 radical (unpaired) electrons. The van der Waals surface area contributed by atoms with Gasteiger partial charge in [-0.05, 0) is 32.3 Å². The van der Waals surface area contributed by atoms with Gasteiger partial charge in [0.25, 0.3) is 0 Å². The van der Waals surface area contributed by atoms with Crippen LogP contribution in [0.3, 0.4) is 0 Å². The Morgan fingerprint density at radius 3 is 2.72 bits per heavy atom. The van der Waals surface area contributed by atoms with E-state index < -0.39 is 23.6 Å². The van der Waals surface area contributed by atoms with Gasteiger partial charge >= 0.3 is 12.1 Å². The van der Waals surface area contributed by atoms with Crippen LogP contribution in [-0.4, -0.2) is 43.0 Å². The van der Waals surface area contributed by atoms with E-state index in [2.05, 4.69) is 15.4 Å². The Hall–Kier alpha value is -2.90. The highest BCUT2D eigenvalue weighted by atomic mass is 16.6. The van der Waals surface area contributed by atoms with Crippen molar-refractivity contribution >= 4 is 12.1 Å². The molecule has 2 N–H and O–H groups in total. The number of benzene rings is 1. The van der Waals surface area contributed by atoms with Gasteiger partial charge in [0.2, 0.25) is 0 Å². The molecule has 1 aromatic heterocycles. The molecular formula is C17H20N4O4. The molecule has 3 rings (SSSR count). The number of hydrogen-bond acceptors (Lipinski definition) is 5. The fourth-order valence-electron chi connectivity index (χ4n) is 3.21. The van der Waals surface area contributed by atoms with Gasteiger partial charge in [0.15, 0.2) is 5.69 Å². The molecule has 2 aromatic rings. The van der Waals surface area contributed by atoms with Crippen LogP contribution in [0.2, 0.25) is 0 Å². The van der Waals surface area contributed by atoms with E-state index in [1.165, 1.54) is 0 Å². The molecule has 8 nitrogen and oxygen atoms in total. The number of carboxylic acid groups (broad SMARTS) is 1. The minimum absolute atomic E-state index is 0.156. The lowest BCUT2D eigenvalue weighted by Crippen LogP contribution is -2.44. The Balaban J connectivity index is 1.81. The summed E-state index contributed by atoms with van der Waals surface area (Å²) in [7, 11) is 0. The fourth-order valence-corrected chi connectivity index (χ4v) is 3.21. The fraction of sp³-hybridized carbons (Fsp3) is 0.412. The Bertz CT molecular complexity index is 772. The lowest BCUT2D eigenvalue weighted by Gasteiger charge is -2.34. The first-order chi connectivity index (χ1) is 11.9. The minimum atomic E-state index is -1.17. The van der Waals surface area contributed by atoms with E-state index in [9.17, 15) is 14.7 Å². The molecule has 1 amide bonds. The summed E-state index contributed by atoms with van der Waals surface area (Å²) in [6.07, 6.45) is 0.820. The number of carbonyl (C=O) groups is 2. The van der Waals surface area contributed by atoms with Crippen LogP contribution in [0.15, 0.2) is 30.3 Å². The second-order valence-electron chi connectivity index (χ2n) is 6.64. The molecule has 0 bridgehead atoms. The molecule has 8 heteroatoms. The van der Waals surface area contributed by atoms with Crippen molar-refractivity contribution in [2.45, 2.75) is 44.9 Å². The lowest BCUT2D eigenvalue weighted by atomic mass is 10.0. The molecule has 0 saturated carbocycles. The van der Waals surface area contributed by atoms with Gasteiger partial charge in [0, 0.05) is 5.54 Å². The molecule has 1 aliphatic rings. The number of carbonyl (C=O) groups excluding carboxylic acids is 1. The normalized spacial score (nSPS) is 19.0. The highest BCUT2D eigenvalue weighted by Crippen LogP contribution is 2.42. The van der Waals surface area contributed by atoms with Crippen molar-refractivity contribution in [1.29, 1.82) is 0 Å². The maximum absolute atomic E-state index is 12.7. The minimum Gasteiger partial charge on any atom is -0.476 e. The predicted octanol–water partition coefficient (Wildman–Crippen LogP) is 2.76. The summed E-state index contributed by atoms with van der Waals surface area (Å²) in [6.45, 7) is 4.01. The molecule has 2 heterocycles. The lowest BCUT2D eigenvalue weighted by molar-refractivity contribution is 0.0563. The zero-order valence-electron chi connectivity index (χ0n) is 14.1. The quantitative estimate of drug-likeness (QED) is 0.883. The van der Waals surface area contributed by atoms with E-state index in [0.717, 1.165) is 5.56 Å². The molecule has 0 aliphatic carbocycles. The number of H-pyrrole nitrogens is 1. The number of nitrogens with zero attached hydrogens (tertiary/aromatic N) is 3. The average Bonchev–Trinajstić information content (AvgIpc) is 3.17. The van der Waals surface area contributed by atoms with Gasteiger partial charge in [-0.3, -0.25) is 4.90 Å². The number of ether oxygens (including phenoxy) is 1. The van der Waals surface area contributed by atoms with Crippen LogP contribution < -0.4 is 0 Å². The third kappa shape index (κ3) is 3.33. The van der Waals surface area contributed by atoms with Gasteiger partial charge in [-0.1, -0.05) is 30.3 Å². The Morgan fingerprint density at radius 1 is 1.32 bits per heavy atom. The zero-order chi connectivity index (χ0) is 18.0. The smallest absolute Gasteiger partial charge is 0.411 e. The first-order valence-electron chi connectivity index (χ1n) is 8.04. The summed E-state index contributed by atoms with van der Waals surface area (Å²) in [5, 5.41) is 19.3. The molecule has 1 fully saturated rings. The molecule has 1 unspecified atom stereocenters. The third-order valence-electron chi connectivity index (χ3n) is 4.49. The van der Waals surface area contributed by atoms with E-state index in [1.807, 2.05) is 44.2 Å². The molecule has 1 aliphatic heterocycles. The van der Waals surface area contributed by atoms with Crippen molar-refractivity contribution in [3.05, 3.63) is 47.3 Å². The maximum atomic E-state index is 12.7. The number of aromatic carboxylic acids is 1. The number of aromatic amines is 1. The second kappa shape index (κ2) is 6.54. The van der Waals surface area contributed by atoms with Gasteiger partial charge < -0.3 is 9.84 Å². The largest absolute Gasteiger partial charge is 0.476 e. The molecule has 1 aromatic carbocycles. The summed E-state index contributed by atoms with van der Waals surface area (Å²) in [5.74, 6) is -1.17. The topological polar surface area (TPSA) is 108 Å². The van der Waals surface area contributed by atoms with Crippen LogP contribution >= 0.6 is 0 Å². The van der Waals surface area contributed by atoms with Crippen LogP contribution in [0.25, 0.3) is 0 Å². The van der Waals surface area contributed by atoms with Crippen LogP contribution in [0.4, 0.5) is 4.79 Å². The number of likely N-dealkylation sites (tertiary alicyclic amines) is 1. The van der Waals surface area contributed by atoms with Crippen LogP contribution in [0.1, 0.15) is 54.5 Å². The van der Waals surface area contributed by atoms with Gasteiger partial charge in [-0.15, -0.1) is 5.10 Å². The standard InChI is InChI=1S/C17H20N4O4/c1-17(2)9-8-12(13-14(15(22)23)19-20-18-13)21(17)16(24)25-10-11-6-4-3-5-7-11/h3-7,12H,8-10H2,1-2H3,(H,22,23)(H,18,19,20). The summed E-state index contributed by atoms with van der Waals surface area (Å²) in [4.78, 5) is 25.6. The SMILES string of the molecule is CC1(C)CCC(c2n[nH]nc2C(=O)O)N1C(=O)OCc1ccccc1. The van der Waals surface area contributed by atoms with Gasteiger partial charge in [0.05, 0.1) is 6.04 Å². The third-order valence-corrected chi connectivity index (χ3v) is 4.49. The van der Waals surface area contributed by atoms with Crippen molar-refractivity contribution in [3.63, 3.8) is 0 Å². The van der Waals surface area contributed by atoms with E-state index in [-0.39, 0.29) is 18.0 Å². The van der Waals surface area contributed by atoms with E-state index >= 15 is 0 Å². The Labute approximate surface area is 144 Å². The molecular weight excluding hydrogens is 324 g/mol. The molecule has 132 valence electrons. The first kappa shape index (κ1) is 16.9. The van der Waals surface area contributed by atoms with E-state index in [0.29, 0.717) is 12.8 Å². The number of hydrogen-bond donors (Lipinski definition) is 2. The monoisotopic (exact) mass is 344 g/mol. The maximum Gasteiger partial charge on any atom is 0.411 e. The Kier molecular flexibility index (Phi) is 4.43. The van der Waals surface area contributed by atoms with Crippen molar-refractivity contribution < 1.29 is 19.4 Å². The molecule has 1 saturated heterocycles. The number of nitrogens with one attached hydrogen (secondary N) is 1. The second-order valence-corrected chi connectivity index (χ2v) is 6.64. The molecule has 25 heavy (non-hydrogen) atoms. The highest BCUT2D eigenvalue weighted by molar-refractivity contribution is 5.86. The predicted molar refractivity (Wildman–Crippen MR) is 87.9 cm³/mol. The summed E-state index contributed by atoms with van der Waals surface area (Å²) in [5.41, 5.74) is 0.517. The number of aromatic nitrogens is 3. The van der Waals surface area contributed by atoms with Gasteiger partial charge in [0.1, 0.15) is 12.3 Å².